The maximum atomic E-state index is 13.1. The smallest absolute Gasteiger partial charge is 0.255 e. The molecule has 2 aromatic rings. The molecule has 1 amide bonds. The van der Waals surface area contributed by atoms with E-state index in [4.69, 9.17) is 17.1 Å². The van der Waals surface area contributed by atoms with Crippen molar-refractivity contribution in [2.75, 3.05) is 23.3 Å². The van der Waals surface area contributed by atoms with Crippen LogP contribution in [-0.4, -0.2) is 19.0 Å². The number of fused-ring (bicyclic) bond motifs is 2. The van der Waals surface area contributed by atoms with Crippen molar-refractivity contribution in [3.8, 4) is 0 Å². The molecule has 2 aliphatic heterocycles. The van der Waals surface area contributed by atoms with Crippen LogP contribution >= 0.6 is 11.6 Å². The largest absolute Gasteiger partial charge is 0.353 e. The van der Waals surface area contributed by atoms with Crippen LogP contribution in [0.5, 0.6) is 0 Å². The summed E-state index contributed by atoms with van der Waals surface area (Å²) in [6, 6.07) is 13.5. The number of nitrogens with zero attached hydrogens (tertiary/aromatic N) is 4. The number of nitrogens with one attached hydrogen (secondary N) is 1. The maximum Gasteiger partial charge on any atom is 0.255 e. The summed E-state index contributed by atoms with van der Waals surface area (Å²) in [6.45, 7) is 0.962. The summed E-state index contributed by atoms with van der Waals surface area (Å²) >= 11 is 6.23. The van der Waals surface area contributed by atoms with Crippen molar-refractivity contribution in [1.82, 2.24) is 0 Å². The van der Waals surface area contributed by atoms with Crippen molar-refractivity contribution in [2.45, 2.75) is 18.4 Å². The monoisotopic (exact) mass is 353 g/mol. The highest BCUT2D eigenvalue weighted by Gasteiger charge is 2.52. The molecule has 25 heavy (non-hydrogen) atoms. The molecule has 4 rings (SSSR count). The van der Waals surface area contributed by atoms with Crippen molar-refractivity contribution >= 4 is 28.9 Å². The highest BCUT2D eigenvalue weighted by molar-refractivity contribution is 6.31. The van der Waals surface area contributed by atoms with Gasteiger partial charge in [0.2, 0.25) is 0 Å². The fraction of sp³-hybridized carbons (Fsp3) is 0.278. The normalized spacial score (nSPS) is 20.7. The molecule has 2 aliphatic rings. The van der Waals surface area contributed by atoms with Crippen LogP contribution in [0.2, 0.25) is 5.02 Å². The number of para-hydroxylation sites is 1. The van der Waals surface area contributed by atoms with Crippen molar-refractivity contribution in [1.29, 1.82) is 0 Å². The molecular weight excluding hydrogens is 338 g/mol. The Balaban J connectivity index is 1.89. The Morgan fingerprint density at radius 2 is 2.16 bits per heavy atom. The standard InChI is InChI=1S/C18H16ClN5O/c19-13-5-6-15-14(11-13)18(17(25)22-15,8-9-21-23-20)24-10-7-12-3-1-2-4-16(12)24/h1-6,11H,7-10H2,(H,22,25)/t18-/m0/s1. The second-order valence-electron chi connectivity index (χ2n) is 6.24. The molecule has 2 heterocycles. The van der Waals surface area contributed by atoms with Gasteiger partial charge in [-0.3, -0.25) is 4.79 Å². The summed E-state index contributed by atoms with van der Waals surface area (Å²) in [4.78, 5) is 18.1. The molecular formula is C18H16ClN5O. The van der Waals surface area contributed by atoms with Gasteiger partial charge >= 0.3 is 0 Å². The van der Waals surface area contributed by atoms with Gasteiger partial charge in [0.15, 0.2) is 0 Å². The number of hydrogen-bond donors (Lipinski definition) is 1. The Kier molecular flexibility index (Phi) is 3.79. The van der Waals surface area contributed by atoms with Crippen LogP contribution in [0.4, 0.5) is 11.4 Å². The number of rotatable bonds is 4. The van der Waals surface area contributed by atoms with Crippen LogP contribution in [0.25, 0.3) is 10.4 Å². The van der Waals surface area contributed by atoms with E-state index in [1.165, 1.54) is 5.56 Å². The lowest BCUT2D eigenvalue weighted by Gasteiger charge is -2.39. The number of carbonyl (C=O) groups excluding carboxylic acids is 1. The average Bonchev–Trinajstić information content (AvgIpc) is 3.15. The van der Waals surface area contributed by atoms with Gasteiger partial charge in [-0.25, -0.2) is 0 Å². The van der Waals surface area contributed by atoms with E-state index in [0.717, 1.165) is 29.9 Å². The number of anilines is 2. The van der Waals surface area contributed by atoms with Gasteiger partial charge < -0.3 is 10.2 Å². The fourth-order valence-corrected chi connectivity index (χ4v) is 4.13. The Bertz CT molecular complexity index is 908. The van der Waals surface area contributed by atoms with E-state index in [1.54, 1.807) is 6.07 Å². The maximum absolute atomic E-state index is 13.1. The lowest BCUT2D eigenvalue weighted by atomic mass is 9.85. The molecule has 0 radical (unpaired) electrons. The lowest BCUT2D eigenvalue weighted by Crippen LogP contribution is -2.51. The Morgan fingerprint density at radius 1 is 1.32 bits per heavy atom. The Labute approximate surface area is 150 Å². The minimum absolute atomic E-state index is 0.102. The molecule has 0 saturated heterocycles. The lowest BCUT2D eigenvalue weighted by molar-refractivity contribution is -0.121. The molecule has 0 unspecified atom stereocenters. The molecule has 7 heteroatoms. The van der Waals surface area contributed by atoms with Crippen LogP contribution in [-0.2, 0) is 16.8 Å². The molecule has 1 atom stereocenters. The van der Waals surface area contributed by atoms with E-state index in [0.29, 0.717) is 11.4 Å². The Morgan fingerprint density at radius 3 is 3.00 bits per heavy atom. The number of amides is 1. The molecule has 0 aliphatic carbocycles. The van der Waals surface area contributed by atoms with Gasteiger partial charge in [0.1, 0.15) is 5.54 Å². The number of benzene rings is 2. The molecule has 2 aromatic carbocycles. The van der Waals surface area contributed by atoms with E-state index in [9.17, 15) is 4.79 Å². The van der Waals surface area contributed by atoms with Gasteiger partial charge in [0.05, 0.1) is 0 Å². The molecule has 0 aromatic heterocycles. The molecule has 1 N–H and O–H groups in total. The van der Waals surface area contributed by atoms with E-state index < -0.39 is 5.54 Å². The van der Waals surface area contributed by atoms with Crippen LogP contribution in [0.15, 0.2) is 47.6 Å². The predicted octanol–water partition coefficient (Wildman–Crippen LogP) is 4.25. The van der Waals surface area contributed by atoms with Crippen molar-refractivity contribution < 1.29 is 4.79 Å². The SMILES string of the molecule is [N-]=[N+]=NCC[C@@]1(N2CCc3ccccc32)C(=O)Nc2ccc(Cl)cc21. The van der Waals surface area contributed by atoms with E-state index in [-0.39, 0.29) is 12.5 Å². The van der Waals surface area contributed by atoms with Gasteiger partial charge in [0, 0.05) is 40.0 Å². The molecule has 0 fully saturated rings. The summed E-state index contributed by atoms with van der Waals surface area (Å²) < 4.78 is 0. The van der Waals surface area contributed by atoms with Crippen LogP contribution in [0.1, 0.15) is 17.5 Å². The van der Waals surface area contributed by atoms with E-state index >= 15 is 0 Å². The second kappa shape index (κ2) is 5.99. The highest BCUT2D eigenvalue weighted by atomic mass is 35.5. The van der Waals surface area contributed by atoms with Crippen molar-refractivity contribution in [3.05, 3.63) is 69.1 Å². The first-order valence-corrected chi connectivity index (χ1v) is 8.52. The minimum Gasteiger partial charge on any atom is -0.353 e. The third-order valence-electron chi connectivity index (χ3n) is 5.04. The van der Waals surface area contributed by atoms with Gasteiger partial charge in [-0.1, -0.05) is 34.9 Å². The van der Waals surface area contributed by atoms with Crippen molar-refractivity contribution in [3.63, 3.8) is 0 Å². The highest BCUT2D eigenvalue weighted by Crippen LogP contribution is 2.48. The summed E-state index contributed by atoms with van der Waals surface area (Å²) in [6.07, 6.45) is 1.27. The Hall–Kier alpha value is -2.69. The molecule has 0 saturated carbocycles. The molecule has 0 bridgehead atoms. The predicted molar refractivity (Wildman–Crippen MR) is 97.9 cm³/mol. The number of halogens is 1. The topological polar surface area (TPSA) is 81.1 Å². The summed E-state index contributed by atoms with van der Waals surface area (Å²) in [5, 5.41) is 7.23. The molecule has 126 valence electrons. The summed E-state index contributed by atoms with van der Waals surface area (Å²) in [5.41, 5.74) is 11.6. The number of carbonyl (C=O) groups is 1. The summed E-state index contributed by atoms with van der Waals surface area (Å²) in [7, 11) is 0. The second-order valence-corrected chi connectivity index (χ2v) is 6.68. The van der Waals surface area contributed by atoms with Gasteiger partial charge in [-0.05, 0) is 48.2 Å². The first-order chi connectivity index (χ1) is 12.2. The zero-order chi connectivity index (χ0) is 17.4. The third-order valence-corrected chi connectivity index (χ3v) is 5.27. The molecule has 6 nitrogen and oxygen atoms in total. The van der Waals surface area contributed by atoms with Gasteiger partial charge in [-0.15, -0.1) is 0 Å². The van der Waals surface area contributed by atoms with Gasteiger partial charge in [0.25, 0.3) is 5.91 Å². The minimum atomic E-state index is -0.916. The number of hydrogen-bond acceptors (Lipinski definition) is 3. The zero-order valence-electron chi connectivity index (χ0n) is 13.4. The van der Waals surface area contributed by atoms with Crippen LogP contribution in [0.3, 0.4) is 0 Å². The first kappa shape index (κ1) is 15.8. The van der Waals surface area contributed by atoms with Crippen molar-refractivity contribution in [2.24, 2.45) is 5.11 Å². The fourth-order valence-electron chi connectivity index (χ4n) is 3.96. The van der Waals surface area contributed by atoms with E-state index in [1.807, 2.05) is 30.3 Å². The van der Waals surface area contributed by atoms with Crippen LogP contribution < -0.4 is 10.2 Å². The van der Waals surface area contributed by atoms with Gasteiger partial charge in [-0.2, -0.15) is 0 Å². The first-order valence-electron chi connectivity index (χ1n) is 8.15. The zero-order valence-corrected chi connectivity index (χ0v) is 14.2. The third kappa shape index (κ3) is 2.34. The summed E-state index contributed by atoms with van der Waals surface area (Å²) in [5.74, 6) is -0.102. The van der Waals surface area contributed by atoms with E-state index in [2.05, 4.69) is 26.3 Å². The average molecular weight is 354 g/mol. The molecule has 0 spiro atoms. The quantitative estimate of drug-likeness (QED) is 0.506. The number of azide groups is 1. The van der Waals surface area contributed by atoms with Crippen LogP contribution in [0, 0.1) is 0 Å².